The zero-order valence-electron chi connectivity index (χ0n) is 15.2. The van der Waals surface area contributed by atoms with Gasteiger partial charge in [0.1, 0.15) is 11.9 Å². The fourth-order valence-electron chi connectivity index (χ4n) is 2.67. The third kappa shape index (κ3) is 4.82. The van der Waals surface area contributed by atoms with Crippen molar-refractivity contribution in [2.45, 2.75) is 32.9 Å². The summed E-state index contributed by atoms with van der Waals surface area (Å²) in [5.74, 6) is -0.917. The van der Waals surface area contributed by atoms with Crippen LogP contribution in [0.1, 0.15) is 31.0 Å². The molecule has 26 heavy (non-hydrogen) atoms. The highest BCUT2D eigenvalue weighted by atomic mass is 32.2. The zero-order chi connectivity index (χ0) is 19.5. The average Bonchev–Trinajstić information content (AvgIpc) is 2.56. The van der Waals surface area contributed by atoms with Crippen LogP contribution in [-0.2, 0) is 14.8 Å². The molecule has 1 amide bonds. The number of halogens is 1. The Labute approximate surface area is 153 Å². The Bertz CT molecular complexity index is 865. The van der Waals surface area contributed by atoms with E-state index in [0.29, 0.717) is 0 Å². The van der Waals surface area contributed by atoms with E-state index in [2.05, 4.69) is 5.32 Å². The fourth-order valence-corrected chi connectivity index (χ4v) is 3.84. The Morgan fingerprint density at radius 3 is 2.08 bits per heavy atom. The first-order chi connectivity index (χ1) is 12.1. The molecule has 7 heteroatoms. The standard InChI is InChI=1S/C19H23FN2O3S/c1-13-5-7-16(8-6-13)14(2)21-19(23)15(3)22(26(4,24)25)18-11-9-17(20)10-12-18/h5-12,14-15H,1-4H3,(H,21,23)/t14-,15-/m0/s1. The zero-order valence-corrected chi connectivity index (χ0v) is 16.0. The van der Waals surface area contributed by atoms with Gasteiger partial charge in [0.25, 0.3) is 0 Å². The SMILES string of the molecule is Cc1ccc([C@H](C)NC(=O)[C@H](C)N(c2ccc(F)cc2)S(C)(=O)=O)cc1. The van der Waals surface area contributed by atoms with Crippen LogP contribution in [0.15, 0.2) is 48.5 Å². The average molecular weight is 378 g/mol. The van der Waals surface area contributed by atoms with E-state index in [1.807, 2.05) is 38.1 Å². The van der Waals surface area contributed by atoms with Crippen molar-refractivity contribution < 1.29 is 17.6 Å². The van der Waals surface area contributed by atoms with Crippen LogP contribution in [0.5, 0.6) is 0 Å². The number of hydrogen-bond donors (Lipinski definition) is 1. The van der Waals surface area contributed by atoms with Crippen molar-refractivity contribution in [3.63, 3.8) is 0 Å². The van der Waals surface area contributed by atoms with Crippen molar-refractivity contribution in [1.82, 2.24) is 5.32 Å². The second kappa shape index (κ2) is 7.86. The van der Waals surface area contributed by atoms with Gasteiger partial charge in [0.15, 0.2) is 0 Å². The van der Waals surface area contributed by atoms with Crippen molar-refractivity contribution in [3.05, 3.63) is 65.5 Å². The van der Waals surface area contributed by atoms with Crippen LogP contribution in [0.4, 0.5) is 10.1 Å². The maximum Gasteiger partial charge on any atom is 0.244 e. The number of nitrogens with one attached hydrogen (secondary N) is 1. The number of anilines is 1. The van der Waals surface area contributed by atoms with Gasteiger partial charge in [-0.3, -0.25) is 9.10 Å². The quantitative estimate of drug-likeness (QED) is 0.840. The summed E-state index contributed by atoms with van der Waals surface area (Å²) >= 11 is 0. The molecule has 2 aromatic rings. The summed E-state index contributed by atoms with van der Waals surface area (Å²) < 4.78 is 38.6. The van der Waals surface area contributed by atoms with Gasteiger partial charge in [-0.05, 0) is 50.6 Å². The first kappa shape index (κ1) is 19.9. The Kier molecular flexibility index (Phi) is 6.02. The van der Waals surface area contributed by atoms with Crippen molar-refractivity contribution in [3.8, 4) is 0 Å². The van der Waals surface area contributed by atoms with E-state index >= 15 is 0 Å². The molecule has 0 aliphatic rings. The molecular weight excluding hydrogens is 355 g/mol. The first-order valence-corrected chi connectivity index (χ1v) is 10.1. The first-order valence-electron chi connectivity index (χ1n) is 8.21. The van der Waals surface area contributed by atoms with Gasteiger partial charge in [0.2, 0.25) is 15.9 Å². The largest absolute Gasteiger partial charge is 0.348 e. The number of rotatable bonds is 6. The number of carbonyl (C=O) groups is 1. The maximum atomic E-state index is 13.1. The number of benzene rings is 2. The minimum atomic E-state index is -3.73. The Hall–Kier alpha value is -2.41. The van der Waals surface area contributed by atoms with Crippen LogP contribution in [-0.4, -0.2) is 26.6 Å². The maximum absolute atomic E-state index is 13.1. The second-order valence-corrected chi connectivity index (χ2v) is 8.21. The topological polar surface area (TPSA) is 66.5 Å². The van der Waals surface area contributed by atoms with Gasteiger partial charge in [-0.25, -0.2) is 12.8 Å². The summed E-state index contributed by atoms with van der Waals surface area (Å²) in [6, 6.07) is 11.5. The van der Waals surface area contributed by atoms with Crippen molar-refractivity contribution in [1.29, 1.82) is 0 Å². The number of amides is 1. The molecule has 0 heterocycles. The number of carbonyl (C=O) groups excluding carboxylic acids is 1. The van der Waals surface area contributed by atoms with Gasteiger partial charge in [0, 0.05) is 0 Å². The van der Waals surface area contributed by atoms with E-state index in [4.69, 9.17) is 0 Å². The third-order valence-corrected chi connectivity index (χ3v) is 5.35. The number of sulfonamides is 1. The summed E-state index contributed by atoms with van der Waals surface area (Å²) in [6.45, 7) is 5.31. The summed E-state index contributed by atoms with van der Waals surface area (Å²) in [6.07, 6.45) is 1.02. The molecule has 0 unspecified atom stereocenters. The lowest BCUT2D eigenvalue weighted by molar-refractivity contribution is -0.122. The van der Waals surface area contributed by atoms with Crippen LogP contribution in [0.25, 0.3) is 0 Å². The fraction of sp³-hybridized carbons (Fsp3) is 0.316. The summed E-state index contributed by atoms with van der Waals surface area (Å²) in [5.41, 5.74) is 2.27. The molecule has 5 nitrogen and oxygen atoms in total. The van der Waals surface area contributed by atoms with Gasteiger partial charge in [-0.2, -0.15) is 0 Å². The molecular formula is C19H23FN2O3S. The molecule has 0 aromatic heterocycles. The highest BCUT2D eigenvalue weighted by molar-refractivity contribution is 7.92. The molecule has 0 aliphatic carbocycles. The lowest BCUT2D eigenvalue weighted by Gasteiger charge is -2.29. The molecule has 0 fully saturated rings. The van der Waals surface area contributed by atoms with Gasteiger partial charge < -0.3 is 5.32 Å². The van der Waals surface area contributed by atoms with E-state index in [0.717, 1.165) is 33.8 Å². The van der Waals surface area contributed by atoms with E-state index < -0.39 is 27.8 Å². The lowest BCUT2D eigenvalue weighted by Crippen LogP contribution is -2.48. The molecule has 0 radical (unpaired) electrons. The molecule has 2 aromatic carbocycles. The van der Waals surface area contributed by atoms with Crippen molar-refractivity contribution in [2.75, 3.05) is 10.6 Å². The van der Waals surface area contributed by atoms with Crippen LogP contribution in [0.3, 0.4) is 0 Å². The molecule has 0 bridgehead atoms. The minimum absolute atomic E-state index is 0.236. The molecule has 1 N–H and O–H groups in total. The van der Waals surface area contributed by atoms with E-state index in [9.17, 15) is 17.6 Å². The molecule has 0 saturated carbocycles. The van der Waals surface area contributed by atoms with Crippen molar-refractivity contribution >= 4 is 21.6 Å². The number of aryl methyl sites for hydroxylation is 1. The normalized spacial score (nSPS) is 13.7. The Balaban J connectivity index is 2.22. The highest BCUT2D eigenvalue weighted by Crippen LogP contribution is 2.22. The molecule has 0 spiro atoms. The lowest BCUT2D eigenvalue weighted by atomic mass is 10.1. The smallest absolute Gasteiger partial charge is 0.244 e. The van der Waals surface area contributed by atoms with Gasteiger partial charge >= 0.3 is 0 Å². The van der Waals surface area contributed by atoms with E-state index in [-0.39, 0.29) is 11.7 Å². The predicted molar refractivity (Wildman–Crippen MR) is 101 cm³/mol. The molecule has 2 atom stereocenters. The highest BCUT2D eigenvalue weighted by Gasteiger charge is 2.29. The van der Waals surface area contributed by atoms with Crippen LogP contribution in [0, 0.1) is 12.7 Å². The second-order valence-electron chi connectivity index (χ2n) is 6.35. The molecule has 0 aliphatic heterocycles. The summed E-state index contributed by atoms with van der Waals surface area (Å²) in [5, 5.41) is 2.83. The van der Waals surface area contributed by atoms with Crippen LogP contribution >= 0.6 is 0 Å². The van der Waals surface area contributed by atoms with E-state index in [1.54, 1.807) is 0 Å². The Morgan fingerprint density at radius 2 is 1.58 bits per heavy atom. The monoisotopic (exact) mass is 378 g/mol. The van der Waals surface area contributed by atoms with Crippen LogP contribution in [0.2, 0.25) is 0 Å². The minimum Gasteiger partial charge on any atom is -0.348 e. The van der Waals surface area contributed by atoms with Gasteiger partial charge in [-0.1, -0.05) is 29.8 Å². The number of nitrogens with zero attached hydrogens (tertiary/aromatic N) is 1. The Morgan fingerprint density at radius 1 is 1.04 bits per heavy atom. The van der Waals surface area contributed by atoms with E-state index in [1.165, 1.54) is 19.1 Å². The molecule has 2 rings (SSSR count). The number of hydrogen-bond acceptors (Lipinski definition) is 3. The van der Waals surface area contributed by atoms with Gasteiger partial charge in [0.05, 0.1) is 18.0 Å². The van der Waals surface area contributed by atoms with Crippen molar-refractivity contribution in [2.24, 2.45) is 0 Å². The van der Waals surface area contributed by atoms with Gasteiger partial charge in [-0.15, -0.1) is 0 Å². The predicted octanol–water partition coefficient (Wildman–Crippen LogP) is 3.17. The third-order valence-electron chi connectivity index (χ3n) is 4.11. The molecule has 0 saturated heterocycles. The summed E-state index contributed by atoms with van der Waals surface area (Å²) in [4.78, 5) is 12.6. The van der Waals surface area contributed by atoms with Crippen LogP contribution < -0.4 is 9.62 Å². The summed E-state index contributed by atoms with van der Waals surface area (Å²) in [7, 11) is -3.73. The molecule has 140 valence electrons.